The maximum atomic E-state index is 12.7. The third-order valence-electron chi connectivity index (χ3n) is 12.6. The molecule has 0 bridgehead atoms. The predicted octanol–water partition coefficient (Wildman–Crippen LogP) is 10.2. The summed E-state index contributed by atoms with van der Waals surface area (Å²) < 4.78 is 6.11. The van der Waals surface area contributed by atoms with Gasteiger partial charge in [-0.3, -0.25) is 4.79 Å². The molecule has 0 unspecified atom stereocenters. The Hall–Kier alpha value is -0.790. The van der Waals surface area contributed by atoms with Crippen LogP contribution < -0.4 is 0 Å². The van der Waals surface area contributed by atoms with Gasteiger partial charge in [-0.25, -0.2) is 0 Å². The largest absolute Gasteiger partial charge is 0.462 e. The average Bonchev–Trinajstić information content (AvgIpc) is 3.23. The lowest BCUT2D eigenvalue weighted by Gasteiger charge is -2.58. The molecule has 0 aliphatic heterocycles. The first kappa shape index (κ1) is 27.8. The third-order valence-corrected chi connectivity index (χ3v) is 12.6. The second kappa shape index (κ2) is 12.2. The lowest BCUT2D eigenvalue weighted by molar-refractivity contribution is -0.152. The molecular formula is C35H58O2. The van der Waals surface area contributed by atoms with Crippen molar-refractivity contribution < 1.29 is 9.53 Å². The van der Waals surface area contributed by atoms with Crippen LogP contribution in [0.25, 0.3) is 0 Å². The van der Waals surface area contributed by atoms with Gasteiger partial charge in [0.2, 0.25) is 0 Å². The summed E-state index contributed by atoms with van der Waals surface area (Å²) in [5, 5.41) is 0. The molecule has 210 valence electrons. The van der Waals surface area contributed by atoms with Gasteiger partial charge in [0.1, 0.15) is 6.10 Å². The van der Waals surface area contributed by atoms with Gasteiger partial charge in [0.15, 0.2) is 0 Å². The van der Waals surface area contributed by atoms with E-state index < -0.39 is 0 Å². The van der Waals surface area contributed by atoms with Crippen LogP contribution in [0, 0.1) is 40.4 Å². The SMILES string of the molecule is CCCCCCCC[C@@H]1CC[C@@H]2[C@H]3CC=C4C[C@@H](OC(=O)CC5CCCCC5)CC[C@]4(C)[C@H]3CC[C@]12C. The van der Waals surface area contributed by atoms with Crippen molar-refractivity contribution in [3.8, 4) is 0 Å². The van der Waals surface area contributed by atoms with Crippen molar-refractivity contribution in [2.75, 3.05) is 0 Å². The van der Waals surface area contributed by atoms with E-state index in [0.717, 1.165) is 36.5 Å². The Morgan fingerprint density at radius 3 is 2.49 bits per heavy atom. The molecule has 0 amide bonds. The van der Waals surface area contributed by atoms with Crippen LogP contribution in [-0.4, -0.2) is 12.1 Å². The van der Waals surface area contributed by atoms with E-state index >= 15 is 0 Å². The summed E-state index contributed by atoms with van der Waals surface area (Å²) in [4.78, 5) is 12.7. The van der Waals surface area contributed by atoms with E-state index in [1.165, 1.54) is 116 Å². The summed E-state index contributed by atoms with van der Waals surface area (Å²) in [6.45, 7) is 7.62. The van der Waals surface area contributed by atoms with Gasteiger partial charge < -0.3 is 4.74 Å². The summed E-state index contributed by atoms with van der Waals surface area (Å²) in [5.74, 6) is 4.34. The first-order chi connectivity index (χ1) is 17.9. The molecule has 2 heteroatoms. The zero-order valence-corrected chi connectivity index (χ0v) is 24.7. The summed E-state index contributed by atoms with van der Waals surface area (Å²) >= 11 is 0. The standard InChI is InChI=1S/C35H58O2/c1-4-5-6-7-8-12-15-27-17-19-31-30-18-16-28-25-29(37-33(36)24-26-13-10-9-11-14-26)20-22-35(28,3)32(30)21-23-34(27,31)2/h16,26-27,29-32H,4-15,17-25H2,1-3H3/t27-,29+,30-,31-,32+,34-,35+/m1/s1. The number of hydrogen-bond acceptors (Lipinski definition) is 2. The minimum atomic E-state index is 0.0885. The van der Waals surface area contributed by atoms with Crippen LogP contribution in [-0.2, 0) is 9.53 Å². The van der Waals surface area contributed by atoms with Crippen LogP contribution in [0.4, 0.5) is 0 Å². The Labute approximate surface area is 229 Å². The molecule has 0 heterocycles. The smallest absolute Gasteiger partial charge is 0.306 e. The lowest BCUT2D eigenvalue weighted by atomic mass is 9.47. The monoisotopic (exact) mass is 510 g/mol. The van der Waals surface area contributed by atoms with Gasteiger partial charge >= 0.3 is 5.97 Å². The normalized spacial score (nSPS) is 39.9. The van der Waals surface area contributed by atoms with Crippen molar-refractivity contribution in [2.24, 2.45) is 40.4 Å². The van der Waals surface area contributed by atoms with Crippen molar-refractivity contribution in [2.45, 2.75) is 162 Å². The highest BCUT2D eigenvalue weighted by molar-refractivity contribution is 5.70. The van der Waals surface area contributed by atoms with Crippen LogP contribution in [0.2, 0.25) is 0 Å². The van der Waals surface area contributed by atoms with E-state index in [1.807, 2.05) is 0 Å². The quantitative estimate of drug-likeness (QED) is 0.166. The fraction of sp³-hybridized carbons (Fsp3) is 0.914. The zero-order chi connectivity index (χ0) is 25.9. The third kappa shape index (κ3) is 5.89. The minimum absolute atomic E-state index is 0.0885. The van der Waals surface area contributed by atoms with Crippen LogP contribution in [0.3, 0.4) is 0 Å². The summed E-state index contributed by atoms with van der Waals surface area (Å²) in [5.41, 5.74) is 2.60. The second-order valence-corrected chi connectivity index (χ2v) is 14.7. The van der Waals surface area contributed by atoms with Crippen molar-refractivity contribution in [3.63, 3.8) is 0 Å². The highest BCUT2D eigenvalue weighted by Crippen LogP contribution is 2.66. The molecule has 0 aromatic carbocycles. The number of allylic oxidation sites excluding steroid dienone is 1. The van der Waals surface area contributed by atoms with E-state index in [9.17, 15) is 4.79 Å². The summed E-state index contributed by atoms with van der Waals surface area (Å²) in [7, 11) is 0. The topological polar surface area (TPSA) is 26.3 Å². The Bertz CT molecular complexity index is 793. The van der Waals surface area contributed by atoms with E-state index in [-0.39, 0.29) is 12.1 Å². The molecule has 0 saturated heterocycles. The maximum absolute atomic E-state index is 12.7. The van der Waals surface area contributed by atoms with Crippen LogP contribution in [0.5, 0.6) is 0 Å². The van der Waals surface area contributed by atoms with Crippen molar-refractivity contribution in [1.82, 2.24) is 0 Å². The Kier molecular flexibility index (Phi) is 9.13. The number of esters is 1. The van der Waals surface area contributed by atoms with Crippen LogP contribution in [0.1, 0.15) is 156 Å². The first-order valence-corrected chi connectivity index (χ1v) is 16.8. The minimum Gasteiger partial charge on any atom is -0.462 e. The van der Waals surface area contributed by atoms with Gasteiger partial charge in [-0.05, 0) is 105 Å². The Balaban J connectivity index is 1.16. The van der Waals surface area contributed by atoms with Gasteiger partial charge in [-0.15, -0.1) is 0 Å². The predicted molar refractivity (Wildman–Crippen MR) is 154 cm³/mol. The molecule has 5 rings (SSSR count). The molecular weight excluding hydrogens is 452 g/mol. The molecule has 0 aromatic heterocycles. The fourth-order valence-corrected chi connectivity index (χ4v) is 10.3. The number of ether oxygens (including phenoxy) is 1. The second-order valence-electron chi connectivity index (χ2n) is 14.7. The van der Waals surface area contributed by atoms with Gasteiger partial charge in [0.05, 0.1) is 0 Å². The van der Waals surface area contributed by atoms with Crippen molar-refractivity contribution in [3.05, 3.63) is 11.6 Å². The van der Waals surface area contributed by atoms with Gasteiger partial charge in [-0.1, -0.05) is 90.2 Å². The molecule has 0 aromatic rings. The molecule has 5 aliphatic rings. The number of unbranched alkanes of at least 4 members (excludes halogenated alkanes) is 5. The van der Waals surface area contributed by atoms with E-state index in [1.54, 1.807) is 5.57 Å². The molecule has 4 fully saturated rings. The maximum Gasteiger partial charge on any atom is 0.306 e. The van der Waals surface area contributed by atoms with E-state index in [2.05, 4.69) is 26.8 Å². The number of fused-ring (bicyclic) bond motifs is 5. The molecule has 0 N–H and O–H groups in total. The highest BCUT2D eigenvalue weighted by Gasteiger charge is 2.58. The molecule has 37 heavy (non-hydrogen) atoms. The molecule has 0 spiro atoms. The average molecular weight is 511 g/mol. The van der Waals surface area contributed by atoms with Crippen molar-refractivity contribution >= 4 is 5.97 Å². The molecule has 7 atom stereocenters. The van der Waals surface area contributed by atoms with Crippen molar-refractivity contribution in [1.29, 1.82) is 0 Å². The van der Waals surface area contributed by atoms with E-state index in [0.29, 0.717) is 23.2 Å². The fourth-order valence-electron chi connectivity index (χ4n) is 10.3. The zero-order valence-electron chi connectivity index (χ0n) is 24.7. The van der Waals surface area contributed by atoms with Gasteiger partial charge in [0.25, 0.3) is 0 Å². The highest BCUT2D eigenvalue weighted by atomic mass is 16.5. The Morgan fingerprint density at radius 1 is 0.892 bits per heavy atom. The number of rotatable bonds is 10. The summed E-state index contributed by atoms with van der Waals surface area (Å²) in [6.07, 6.45) is 30.4. The first-order valence-electron chi connectivity index (χ1n) is 16.8. The molecule has 5 aliphatic carbocycles. The van der Waals surface area contributed by atoms with Gasteiger partial charge in [-0.2, -0.15) is 0 Å². The number of hydrogen-bond donors (Lipinski definition) is 0. The molecule has 4 saturated carbocycles. The summed E-state index contributed by atoms with van der Waals surface area (Å²) in [6, 6.07) is 0. The lowest BCUT2D eigenvalue weighted by Crippen LogP contribution is -2.50. The number of carbonyl (C=O) groups is 1. The Morgan fingerprint density at radius 2 is 1.68 bits per heavy atom. The van der Waals surface area contributed by atoms with Crippen LogP contribution >= 0.6 is 0 Å². The molecule has 2 nitrogen and oxygen atoms in total. The van der Waals surface area contributed by atoms with Gasteiger partial charge in [0, 0.05) is 12.8 Å². The van der Waals surface area contributed by atoms with Crippen LogP contribution in [0.15, 0.2) is 11.6 Å². The van der Waals surface area contributed by atoms with E-state index in [4.69, 9.17) is 4.74 Å². The number of carbonyl (C=O) groups excluding carboxylic acids is 1. The molecule has 0 radical (unpaired) electrons.